The topological polar surface area (TPSA) is 60.2 Å². The van der Waals surface area contributed by atoms with E-state index in [1.54, 1.807) is 23.9 Å². The van der Waals surface area contributed by atoms with Gasteiger partial charge in [-0.3, -0.25) is 4.79 Å². The molecule has 0 aliphatic heterocycles. The second-order valence-electron chi connectivity index (χ2n) is 3.61. The Morgan fingerprint density at radius 3 is 2.81 bits per heavy atom. The van der Waals surface area contributed by atoms with E-state index in [1.165, 1.54) is 0 Å². The highest BCUT2D eigenvalue weighted by molar-refractivity contribution is 7.99. The second-order valence-corrected chi connectivity index (χ2v) is 4.75. The number of carbonyl (C=O) groups is 2. The predicted octanol–water partition coefficient (Wildman–Crippen LogP) is 2.10. The van der Waals surface area contributed by atoms with E-state index in [0.29, 0.717) is 5.56 Å². The molecule has 0 saturated carbocycles. The third kappa shape index (κ3) is 3.70. The smallest absolute Gasteiger partial charge is 0.249 e. The zero-order valence-electron chi connectivity index (χ0n) is 9.18. The number of nitrogens with two attached hydrogens (primary N) is 1. The minimum absolute atomic E-state index is 0.0632. The largest absolute Gasteiger partial charge is 0.366 e. The van der Waals surface area contributed by atoms with Crippen LogP contribution in [0.15, 0.2) is 29.2 Å². The van der Waals surface area contributed by atoms with Gasteiger partial charge in [-0.15, -0.1) is 11.8 Å². The monoisotopic (exact) mass is 237 g/mol. The van der Waals surface area contributed by atoms with E-state index in [4.69, 9.17) is 5.73 Å². The van der Waals surface area contributed by atoms with E-state index in [9.17, 15) is 9.59 Å². The average molecular weight is 237 g/mol. The van der Waals surface area contributed by atoms with Gasteiger partial charge in [-0.05, 0) is 24.3 Å². The molecule has 0 saturated heterocycles. The van der Waals surface area contributed by atoms with Crippen molar-refractivity contribution in [1.82, 2.24) is 0 Å². The Kier molecular flexibility index (Phi) is 5.05. The van der Waals surface area contributed by atoms with Crippen LogP contribution >= 0.6 is 11.8 Å². The second kappa shape index (κ2) is 6.33. The predicted molar refractivity (Wildman–Crippen MR) is 65.5 cm³/mol. The lowest BCUT2D eigenvalue weighted by atomic mass is 10.1. The number of aldehydes is 1. The quantitative estimate of drug-likeness (QED) is 0.609. The molecule has 0 aliphatic carbocycles. The normalized spacial score (nSPS) is 12.1. The number of hydrogen-bond donors (Lipinski definition) is 1. The first-order valence-electron chi connectivity index (χ1n) is 5.12. The van der Waals surface area contributed by atoms with Gasteiger partial charge in [-0.2, -0.15) is 0 Å². The molecule has 0 fully saturated rings. The lowest BCUT2D eigenvalue weighted by molar-refractivity contribution is -0.110. The van der Waals surface area contributed by atoms with Crippen molar-refractivity contribution in [3.8, 4) is 0 Å². The van der Waals surface area contributed by atoms with Gasteiger partial charge in [0.15, 0.2) is 0 Å². The van der Waals surface area contributed by atoms with E-state index < -0.39 is 5.91 Å². The van der Waals surface area contributed by atoms with Crippen molar-refractivity contribution in [1.29, 1.82) is 0 Å². The molecule has 86 valence electrons. The Balaban J connectivity index is 2.59. The first-order valence-corrected chi connectivity index (χ1v) is 6.10. The van der Waals surface area contributed by atoms with Gasteiger partial charge in [-0.1, -0.05) is 19.1 Å². The van der Waals surface area contributed by atoms with Gasteiger partial charge in [0.05, 0.1) is 5.56 Å². The zero-order chi connectivity index (χ0) is 12.0. The molecule has 0 radical (unpaired) electrons. The maximum absolute atomic E-state index is 11.1. The summed E-state index contributed by atoms with van der Waals surface area (Å²) in [6.45, 7) is 1.88. The van der Waals surface area contributed by atoms with Crippen molar-refractivity contribution in [2.24, 2.45) is 11.7 Å². The minimum Gasteiger partial charge on any atom is -0.366 e. The van der Waals surface area contributed by atoms with Gasteiger partial charge in [0.1, 0.15) is 6.29 Å². The molecule has 16 heavy (non-hydrogen) atoms. The Hall–Kier alpha value is -1.29. The van der Waals surface area contributed by atoms with Crippen molar-refractivity contribution >= 4 is 24.0 Å². The van der Waals surface area contributed by atoms with Crippen molar-refractivity contribution in [2.45, 2.75) is 18.2 Å². The van der Waals surface area contributed by atoms with Crippen LogP contribution in [0.2, 0.25) is 0 Å². The van der Waals surface area contributed by atoms with Gasteiger partial charge in [0.25, 0.3) is 0 Å². The Morgan fingerprint density at radius 1 is 1.50 bits per heavy atom. The standard InChI is InChI=1S/C12H15NO2S/c1-9(8-14)6-7-16-11-5-3-2-4-10(11)12(13)15/h2-5,8-9H,6-7H2,1H3,(H2,13,15). The molecule has 4 heteroatoms. The van der Waals surface area contributed by atoms with E-state index >= 15 is 0 Å². The molecular formula is C12H15NO2S. The molecule has 1 rings (SSSR count). The number of rotatable bonds is 6. The van der Waals surface area contributed by atoms with Crippen LogP contribution < -0.4 is 5.73 Å². The number of thioether (sulfide) groups is 1. The highest BCUT2D eigenvalue weighted by atomic mass is 32.2. The SMILES string of the molecule is CC(C=O)CCSc1ccccc1C(N)=O. The van der Waals surface area contributed by atoms with Crippen molar-refractivity contribution < 1.29 is 9.59 Å². The lowest BCUT2D eigenvalue weighted by Crippen LogP contribution is -2.12. The number of carbonyl (C=O) groups excluding carboxylic acids is 2. The summed E-state index contributed by atoms with van der Waals surface area (Å²) in [5, 5.41) is 0. The summed E-state index contributed by atoms with van der Waals surface area (Å²) in [5.41, 5.74) is 5.81. The molecule has 0 aliphatic rings. The molecule has 3 nitrogen and oxygen atoms in total. The molecular weight excluding hydrogens is 222 g/mol. The number of amides is 1. The van der Waals surface area contributed by atoms with Crippen molar-refractivity contribution in [3.05, 3.63) is 29.8 Å². The summed E-state index contributed by atoms with van der Waals surface area (Å²) in [5.74, 6) is 0.462. The average Bonchev–Trinajstić information content (AvgIpc) is 2.29. The molecule has 0 heterocycles. The number of primary amides is 1. The van der Waals surface area contributed by atoms with Gasteiger partial charge < -0.3 is 10.5 Å². The highest BCUT2D eigenvalue weighted by Gasteiger charge is 2.08. The Morgan fingerprint density at radius 2 is 2.19 bits per heavy atom. The van der Waals surface area contributed by atoms with Crippen molar-refractivity contribution in [3.63, 3.8) is 0 Å². The maximum atomic E-state index is 11.1. The molecule has 1 unspecified atom stereocenters. The zero-order valence-corrected chi connectivity index (χ0v) is 10.00. The highest BCUT2D eigenvalue weighted by Crippen LogP contribution is 2.23. The Labute approximate surface area is 99.4 Å². The van der Waals surface area contributed by atoms with E-state index in [-0.39, 0.29) is 5.92 Å². The van der Waals surface area contributed by atoms with Crippen LogP contribution in [-0.2, 0) is 4.79 Å². The van der Waals surface area contributed by atoms with Crippen molar-refractivity contribution in [2.75, 3.05) is 5.75 Å². The van der Waals surface area contributed by atoms with Crippen LogP contribution in [0.1, 0.15) is 23.7 Å². The molecule has 0 aromatic heterocycles. The third-order valence-corrected chi connectivity index (χ3v) is 3.32. The third-order valence-electron chi connectivity index (χ3n) is 2.22. The summed E-state index contributed by atoms with van der Waals surface area (Å²) in [6, 6.07) is 7.25. The van der Waals surface area contributed by atoms with Crippen LogP contribution in [-0.4, -0.2) is 17.9 Å². The fraction of sp³-hybridized carbons (Fsp3) is 0.333. The summed E-state index contributed by atoms with van der Waals surface area (Å²) in [6.07, 6.45) is 1.75. The molecule has 1 aromatic carbocycles. The first-order chi connectivity index (χ1) is 7.65. The molecule has 2 N–H and O–H groups in total. The lowest BCUT2D eigenvalue weighted by Gasteiger charge is -2.06. The number of benzene rings is 1. The fourth-order valence-corrected chi connectivity index (χ4v) is 2.43. The number of hydrogen-bond acceptors (Lipinski definition) is 3. The maximum Gasteiger partial charge on any atom is 0.249 e. The van der Waals surface area contributed by atoms with Crippen LogP contribution in [0.25, 0.3) is 0 Å². The minimum atomic E-state index is -0.411. The van der Waals surface area contributed by atoms with E-state index in [0.717, 1.165) is 23.4 Å². The van der Waals surface area contributed by atoms with Crippen LogP contribution in [0.4, 0.5) is 0 Å². The molecule has 1 aromatic rings. The summed E-state index contributed by atoms with van der Waals surface area (Å²) in [7, 11) is 0. The first kappa shape index (κ1) is 12.8. The fourth-order valence-electron chi connectivity index (χ4n) is 1.22. The van der Waals surface area contributed by atoms with Gasteiger partial charge >= 0.3 is 0 Å². The van der Waals surface area contributed by atoms with E-state index in [1.807, 2.05) is 19.1 Å². The molecule has 0 spiro atoms. The van der Waals surface area contributed by atoms with Crippen LogP contribution in [0.3, 0.4) is 0 Å². The van der Waals surface area contributed by atoms with Gasteiger partial charge in [0.2, 0.25) is 5.91 Å². The Bertz CT molecular complexity index is 379. The summed E-state index contributed by atoms with van der Waals surface area (Å²) >= 11 is 1.56. The van der Waals surface area contributed by atoms with Gasteiger partial charge in [0, 0.05) is 10.8 Å². The summed E-state index contributed by atoms with van der Waals surface area (Å²) < 4.78 is 0. The van der Waals surface area contributed by atoms with E-state index in [2.05, 4.69) is 0 Å². The van der Waals surface area contributed by atoms with Gasteiger partial charge in [-0.25, -0.2) is 0 Å². The van der Waals surface area contributed by atoms with Crippen LogP contribution in [0.5, 0.6) is 0 Å². The molecule has 1 atom stereocenters. The van der Waals surface area contributed by atoms with Crippen LogP contribution in [0, 0.1) is 5.92 Å². The molecule has 1 amide bonds. The summed E-state index contributed by atoms with van der Waals surface area (Å²) in [4.78, 5) is 22.4. The molecule has 0 bridgehead atoms.